The Hall–Kier alpha value is -3.48. The van der Waals surface area contributed by atoms with Crippen LogP contribution in [0.1, 0.15) is 31.7 Å². The SMILES string of the molecule is CCc1ccc(NC(=O)[C@H](C)OC(=O)CCc2nc3ccccc3c(=O)[nH]2)cc1. The Morgan fingerprint density at radius 2 is 1.86 bits per heavy atom. The maximum Gasteiger partial charge on any atom is 0.307 e. The second-order valence-electron chi connectivity index (χ2n) is 6.70. The van der Waals surface area contributed by atoms with Crippen molar-refractivity contribution in [3.8, 4) is 0 Å². The van der Waals surface area contributed by atoms with E-state index in [0.717, 1.165) is 6.42 Å². The molecule has 7 nitrogen and oxygen atoms in total. The quantitative estimate of drug-likeness (QED) is 0.601. The first-order chi connectivity index (χ1) is 14.0. The number of ether oxygens (including phenoxy) is 1. The summed E-state index contributed by atoms with van der Waals surface area (Å²) in [5.74, 6) is -0.539. The van der Waals surface area contributed by atoms with E-state index in [4.69, 9.17) is 4.74 Å². The predicted octanol–water partition coefficient (Wildman–Crippen LogP) is 2.99. The minimum absolute atomic E-state index is 0.00406. The number of amides is 1. The first-order valence-corrected chi connectivity index (χ1v) is 9.53. The molecule has 29 heavy (non-hydrogen) atoms. The molecule has 2 N–H and O–H groups in total. The van der Waals surface area contributed by atoms with E-state index >= 15 is 0 Å². The molecule has 1 amide bonds. The fraction of sp³-hybridized carbons (Fsp3) is 0.273. The summed E-state index contributed by atoms with van der Waals surface area (Å²) in [7, 11) is 0. The lowest BCUT2D eigenvalue weighted by Gasteiger charge is -2.13. The van der Waals surface area contributed by atoms with E-state index in [1.165, 1.54) is 12.5 Å². The van der Waals surface area contributed by atoms with Gasteiger partial charge in [0.2, 0.25) is 0 Å². The number of H-pyrrole nitrogens is 1. The van der Waals surface area contributed by atoms with Gasteiger partial charge in [0.25, 0.3) is 11.5 Å². The highest BCUT2D eigenvalue weighted by molar-refractivity contribution is 5.95. The van der Waals surface area contributed by atoms with Crippen LogP contribution in [0.3, 0.4) is 0 Å². The molecule has 1 atom stereocenters. The molecule has 2 aromatic carbocycles. The molecule has 0 spiro atoms. The number of carbonyl (C=O) groups excluding carboxylic acids is 2. The number of aromatic nitrogens is 2. The van der Waals surface area contributed by atoms with Gasteiger partial charge >= 0.3 is 5.97 Å². The molecule has 0 saturated heterocycles. The van der Waals surface area contributed by atoms with Gasteiger partial charge in [-0.1, -0.05) is 31.2 Å². The number of benzene rings is 2. The molecule has 0 unspecified atom stereocenters. The third kappa shape index (κ3) is 5.28. The number of hydrogen-bond donors (Lipinski definition) is 2. The summed E-state index contributed by atoms with van der Waals surface area (Å²) in [6, 6.07) is 14.5. The van der Waals surface area contributed by atoms with Crippen molar-refractivity contribution >= 4 is 28.5 Å². The average Bonchev–Trinajstić information content (AvgIpc) is 2.73. The van der Waals surface area contributed by atoms with E-state index in [1.807, 2.05) is 24.3 Å². The first kappa shape index (κ1) is 20.3. The summed E-state index contributed by atoms with van der Waals surface area (Å²) in [4.78, 5) is 43.4. The molecular formula is C22H23N3O4. The van der Waals surface area contributed by atoms with Crippen LogP contribution < -0.4 is 10.9 Å². The lowest BCUT2D eigenvalue weighted by atomic mass is 10.1. The molecule has 7 heteroatoms. The van der Waals surface area contributed by atoms with Crippen LogP contribution in [0, 0.1) is 0 Å². The zero-order chi connectivity index (χ0) is 20.8. The number of aryl methyl sites for hydroxylation is 2. The molecule has 0 aliphatic carbocycles. The summed E-state index contributed by atoms with van der Waals surface area (Å²) < 4.78 is 5.20. The average molecular weight is 393 g/mol. The van der Waals surface area contributed by atoms with Crippen LogP contribution in [-0.2, 0) is 27.2 Å². The Kier molecular flexibility index (Phi) is 6.39. The number of nitrogens with one attached hydrogen (secondary N) is 2. The normalized spacial score (nSPS) is 11.8. The van der Waals surface area contributed by atoms with Crippen LogP contribution in [0.15, 0.2) is 53.3 Å². The summed E-state index contributed by atoms with van der Waals surface area (Å²) in [6.07, 6.45) is 0.201. The minimum atomic E-state index is -0.933. The van der Waals surface area contributed by atoms with Crippen molar-refractivity contribution in [3.05, 3.63) is 70.3 Å². The van der Waals surface area contributed by atoms with Gasteiger partial charge < -0.3 is 15.0 Å². The number of para-hydroxylation sites is 1. The molecule has 0 bridgehead atoms. The smallest absolute Gasteiger partial charge is 0.307 e. The number of fused-ring (bicyclic) bond motifs is 1. The van der Waals surface area contributed by atoms with Gasteiger partial charge in [0.15, 0.2) is 6.10 Å². The highest BCUT2D eigenvalue weighted by atomic mass is 16.5. The van der Waals surface area contributed by atoms with E-state index < -0.39 is 18.0 Å². The third-order valence-corrected chi connectivity index (χ3v) is 4.54. The minimum Gasteiger partial charge on any atom is -0.453 e. The number of hydrogen-bond acceptors (Lipinski definition) is 5. The molecular weight excluding hydrogens is 370 g/mol. The van der Waals surface area contributed by atoms with Crippen molar-refractivity contribution in [1.29, 1.82) is 0 Å². The number of aromatic amines is 1. The van der Waals surface area contributed by atoms with E-state index in [0.29, 0.717) is 22.4 Å². The van der Waals surface area contributed by atoms with Crippen molar-refractivity contribution in [2.75, 3.05) is 5.32 Å². The maximum atomic E-state index is 12.2. The van der Waals surface area contributed by atoms with Crippen LogP contribution in [-0.4, -0.2) is 27.9 Å². The zero-order valence-corrected chi connectivity index (χ0v) is 16.4. The van der Waals surface area contributed by atoms with Crippen LogP contribution in [0.2, 0.25) is 0 Å². The Morgan fingerprint density at radius 3 is 2.59 bits per heavy atom. The molecule has 0 saturated carbocycles. The third-order valence-electron chi connectivity index (χ3n) is 4.54. The summed E-state index contributed by atoms with van der Waals surface area (Å²) in [5, 5.41) is 3.22. The Labute approximate surface area is 168 Å². The molecule has 150 valence electrons. The zero-order valence-electron chi connectivity index (χ0n) is 16.4. The van der Waals surface area contributed by atoms with E-state index in [9.17, 15) is 14.4 Å². The van der Waals surface area contributed by atoms with Crippen LogP contribution in [0.5, 0.6) is 0 Å². The topological polar surface area (TPSA) is 101 Å². The lowest BCUT2D eigenvalue weighted by Crippen LogP contribution is -2.30. The van der Waals surface area contributed by atoms with Gasteiger partial charge in [-0.2, -0.15) is 0 Å². The molecule has 3 rings (SSSR count). The van der Waals surface area contributed by atoms with E-state index in [2.05, 4.69) is 22.2 Å². The Morgan fingerprint density at radius 1 is 1.14 bits per heavy atom. The summed E-state index contributed by atoms with van der Waals surface area (Å²) >= 11 is 0. The second-order valence-corrected chi connectivity index (χ2v) is 6.70. The van der Waals surface area contributed by atoms with Crippen molar-refractivity contribution in [1.82, 2.24) is 9.97 Å². The molecule has 1 aromatic heterocycles. The van der Waals surface area contributed by atoms with Crippen LogP contribution in [0.25, 0.3) is 10.9 Å². The molecule has 0 aliphatic rings. The van der Waals surface area contributed by atoms with Crippen molar-refractivity contribution < 1.29 is 14.3 Å². The fourth-order valence-corrected chi connectivity index (χ4v) is 2.85. The maximum absolute atomic E-state index is 12.2. The molecule has 0 radical (unpaired) electrons. The van der Waals surface area contributed by atoms with Gasteiger partial charge in [-0.25, -0.2) is 4.98 Å². The van der Waals surface area contributed by atoms with Crippen LogP contribution >= 0.6 is 0 Å². The summed E-state index contributed by atoms with van der Waals surface area (Å²) in [5.41, 5.74) is 2.14. The number of anilines is 1. The second kappa shape index (κ2) is 9.14. The Balaban J connectivity index is 1.53. The number of nitrogens with zero attached hydrogens (tertiary/aromatic N) is 1. The number of rotatable bonds is 7. The standard InChI is InChI=1S/C22H23N3O4/c1-3-15-8-10-16(11-9-15)23-21(27)14(2)29-20(26)13-12-19-24-18-7-5-4-6-17(18)22(28)25-19/h4-11,14H,3,12-13H2,1-2H3,(H,23,27)(H,24,25,28)/t14-/m0/s1. The number of esters is 1. The monoisotopic (exact) mass is 393 g/mol. The van der Waals surface area contributed by atoms with E-state index in [1.54, 1.807) is 24.3 Å². The fourth-order valence-electron chi connectivity index (χ4n) is 2.85. The van der Waals surface area contributed by atoms with Crippen molar-refractivity contribution in [3.63, 3.8) is 0 Å². The van der Waals surface area contributed by atoms with Gasteiger partial charge in [-0.15, -0.1) is 0 Å². The molecule has 3 aromatic rings. The van der Waals surface area contributed by atoms with Crippen molar-refractivity contribution in [2.24, 2.45) is 0 Å². The summed E-state index contributed by atoms with van der Waals surface area (Å²) in [6.45, 7) is 3.57. The highest BCUT2D eigenvalue weighted by Crippen LogP contribution is 2.11. The van der Waals surface area contributed by atoms with Crippen LogP contribution in [0.4, 0.5) is 5.69 Å². The predicted molar refractivity (Wildman–Crippen MR) is 111 cm³/mol. The van der Waals surface area contributed by atoms with Gasteiger partial charge in [0, 0.05) is 12.1 Å². The van der Waals surface area contributed by atoms with Gasteiger partial charge in [0.05, 0.1) is 17.3 Å². The Bertz CT molecular complexity index is 1070. The lowest BCUT2D eigenvalue weighted by molar-refractivity contribution is -0.153. The van der Waals surface area contributed by atoms with Crippen molar-refractivity contribution in [2.45, 2.75) is 39.2 Å². The van der Waals surface area contributed by atoms with E-state index in [-0.39, 0.29) is 18.4 Å². The molecule has 0 aliphatic heterocycles. The molecule has 0 fully saturated rings. The number of carbonyl (C=O) groups is 2. The van der Waals surface area contributed by atoms with Gasteiger partial charge in [0.1, 0.15) is 5.82 Å². The highest BCUT2D eigenvalue weighted by Gasteiger charge is 2.18. The largest absolute Gasteiger partial charge is 0.453 e. The molecule has 1 heterocycles. The van der Waals surface area contributed by atoms with Gasteiger partial charge in [-0.05, 0) is 43.2 Å². The first-order valence-electron chi connectivity index (χ1n) is 9.53. The van der Waals surface area contributed by atoms with Gasteiger partial charge in [-0.3, -0.25) is 14.4 Å².